The number of hydrogen-bond donors (Lipinski definition) is 3. The van der Waals surface area contributed by atoms with E-state index in [-0.39, 0.29) is 24.3 Å². The molecule has 0 heterocycles. The molecule has 1 amide bonds. The van der Waals surface area contributed by atoms with Crippen molar-refractivity contribution >= 4 is 11.6 Å². The van der Waals surface area contributed by atoms with Crippen LogP contribution in [0.2, 0.25) is 0 Å². The van der Waals surface area contributed by atoms with Gasteiger partial charge in [0.1, 0.15) is 0 Å². The summed E-state index contributed by atoms with van der Waals surface area (Å²) in [7, 11) is 0. The first-order chi connectivity index (χ1) is 7.94. The van der Waals surface area contributed by atoms with Gasteiger partial charge in [0.15, 0.2) is 0 Å². The molecule has 94 valence electrons. The minimum Gasteiger partial charge on any atom is -0.398 e. The van der Waals surface area contributed by atoms with Crippen LogP contribution >= 0.6 is 0 Å². The second-order valence-electron chi connectivity index (χ2n) is 4.97. The molecule has 0 saturated carbocycles. The van der Waals surface area contributed by atoms with Crippen LogP contribution in [0.15, 0.2) is 24.3 Å². The smallest absolute Gasteiger partial charge is 0.224 e. The van der Waals surface area contributed by atoms with E-state index in [1.54, 1.807) is 6.07 Å². The van der Waals surface area contributed by atoms with E-state index in [2.05, 4.69) is 5.32 Å². The summed E-state index contributed by atoms with van der Waals surface area (Å²) in [6, 6.07) is 7.31. The number of amides is 1. The van der Waals surface area contributed by atoms with Gasteiger partial charge in [-0.3, -0.25) is 4.79 Å². The molecule has 0 spiro atoms. The van der Waals surface area contributed by atoms with Crippen LogP contribution in [-0.2, 0) is 11.2 Å². The average Bonchev–Trinajstić information content (AvgIpc) is 2.30. The molecule has 4 heteroatoms. The van der Waals surface area contributed by atoms with Gasteiger partial charge in [-0.2, -0.15) is 0 Å². The van der Waals surface area contributed by atoms with Gasteiger partial charge in [0.2, 0.25) is 5.91 Å². The number of nitrogens with one attached hydrogen (secondary N) is 1. The summed E-state index contributed by atoms with van der Waals surface area (Å²) in [6.45, 7) is 4.28. The van der Waals surface area contributed by atoms with Crippen LogP contribution in [0, 0.1) is 5.41 Å². The van der Waals surface area contributed by atoms with Crippen LogP contribution in [0.1, 0.15) is 19.4 Å². The average molecular weight is 236 g/mol. The first-order valence-electron chi connectivity index (χ1n) is 5.65. The van der Waals surface area contributed by atoms with Crippen molar-refractivity contribution < 1.29 is 9.90 Å². The summed E-state index contributed by atoms with van der Waals surface area (Å²) in [5.41, 5.74) is 6.92. The summed E-state index contributed by atoms with van der Waals surface area (Å²) in [4.78, 5) is 11.7. The van der Waals surface area contributed by atoms with Crippen molar-refractivity contribution in [2.24, 2.45) is 5.41 Å². The molecule has 0 atom stereocenters. The number of rotatable bonds is 5. The van der Waals surface area contributed by atoms with Gasteiger partial charge in [0.05, 0.1) is 6.42 Å². The third-order valence-electron chi connectivity index (χ3n) is 2.60. The molecule has 0 bridgehead atoms. The Morgan fingerprint density at radius 1 is 1.41 bits per heavy atom. The van der Waals surface area contributed by atoms with E-state index in [4.69, 9.17) is 10.8 Å². The van der Waals surface area contributed by atoms with Crippen LogP contribution in [0.4, 0.5) is 5.69 Å². The van der Waals surface area contributed by atoms with Gasteiger partial charge in [-0.1, -0.05) is 32.0 Å². The second-order valence-corrected chi connectivity index (χ2v) is 4.97. The fourth-order valence-corrected chi connectivity index (χ4v) is 1.32. The zero-order valence-corrected chi connectivity index (χ0v) is 10.4. The number of nitrogen functional groups attached to an aromatic ring is 1. The zero-order chi connectivity index (χ0) is 12.9. The molecule has 4 N–H and O–H groups in total. The molecule has 1 rings (SSSR count). The van der Waals surface area contributed by atoms with Crippen molar-refractivity contribution in [3.63, 3.8) is 0 Å². The van der Waals surface area contributed by atoms with Crippen molar-refractivity contribution in [1.82, 2.24) is 5.32 Å². The van der Waals surface area contributed by atoms with E-state index < -0.39 is 0 Å². The Balaban J connectivity index is 2.48. The molecule has 1 aromatic carbocycles. The molecule has 0 fully saturated rings. The maximum absolute atomic E-state index is 11.7. The van der Waals surface area contributed by atoms with Crippen LogP contribution in [0.3, 0.4) is 0 Å². The molecule has 0 aromatic heterocycles. The standard InChI is InChI=1S/C13H20N2O2/c1-13(2,9-16)8-15-12(17)7-10-5-3-4-6-11(10)14/h3-6,16H,7-9,14H2,1-2H3,(H,15,17). The normalized spacial score (nSPS) is 11.2. The number of carbonyl (C=O) groups is 1. The van der Waals surface area contributed by atoms with E-state index in [0.29, 0.717) is 12.2 Å². The van der Waals surface area contributed by atoms with Gasteiger partial charge in [0, 0.05) is 24.3 Å². The summed E-state index contributed by atoms with van der Waals surface area (Å²) < 4.78 is 0. The summed E-state index contributed by atoms with van der Waals surface area (Å²) in [6.07, 6.45) is 0.272. The summed E-state index contributed by atoms with van der Waals surface area (Å²) >= 11 is 0. The number of para-hydroxylation sites is 1. The van der Waals surface area contributed by atoms with E-state index in [9.17, 15) is 4.79 Å². The van der Waals surface area contributed by atoms with Crippen LogP contribution in [0.25, 0.3) is 0 Å². The summed E-state index contributed by atoms with van der Waals surface area (Å²) in [5, 5.41) is 11.9. The Morgan fingerprint density at radius 3 is 2.65 bits per heavy atom. The van der Waals surface area contributed by atoms with Gasteiger partial charge in [-0.25, -0.2) is 0 Å². The molecule has 0 radical (unpaired) electrons. The number of benzene rings is 1. The van der Waals surface area contributed by atoms with Gasteiger partial charge in [-0.05, 0) is 11.6 Å². The third kappa shape index (κ3) is 4.44. The molecule has 0 aliphatic rings. The molecular weight excluding hydrogens is 216 g/mol. The fraction of sp³-hybridized carbons (Fsp3) is 0.462. The van der Waals surface area contributed by atoms with Gasteiger partial charge >= 0.3 is 0 Å². The molecule has 1 aromatic rings. The van der Waals surface area contributed by atoms with E-state index >= 15 is 0 Å². The van der Waals surface area contributed by atoms with Gasteiger partial charge in [-0.15, -0.1) is 0 Å². The Morgan fingerprint density at radius 2 is 2.06 bits per heavy atom. The lowest BCUT2D eigenvalue weighted by Gasteiger charge is -2.21. The number of anilines is 1. The Kier molecular flexibility index (Phi) is 4.52. The van der Waals surface area contributed by atoms with E-state index in [0.717, 1.165) is 5.56 Å². The van der Waals surface area contributed by atoms with Crippen molar-refractivity contribution in [3.8, 4) is 0 Å². The highest BCUT2D eigenvalue weighted by Crippen LogP contribution is 2.13. The van der Waals surface area contributed by atoms with Crippen LogP contribution < -0.4 is 11.1 Å². The highest BCUT2D eigenvalue weighted by atomic mass is 16.3. The first-order valence-corrected chi connectivity index (χ1v) is 5.65. The predicted molar refractivity (Wildman–Crippen MR) is 68.4 cm³/mol. The lowest BCUT2D eigenvalue weighted by molar-refractivity contribution is -0.121. The highest BCUT2D eigenvalue weighted by molar-refractivity contribution is 5.80. The molecule has 0 aliphatic heterocycles. The van der Waals surface area contributed by atoms with E-state index in [1.165, 1.54) is 0 Å². The molecule has 0 saturated heterocycles. The van der Waals surface area contributed by atoms with Crippen molar-refractivity contribution in [3.05, 3.63) is 29.8 Å². The lowest BCUT2D eigenvalue weighted by Crippen LogP contribution is -2.36. The molecule has 17 heavy (non-hydrogen) atoms. The molecule has 4 nitrogen and oxygen atoms in total. The quantitative estimate of drug-likeness (QED) is 0.666. The number of nitrogens with two attached hydrogens (primary N) is 1. The minimum atomic E-state index is -0.294. The minimum absolute atomic E-state index is 0.0424. The topological polar surface area (TPSA) is 75.3 Å². The van der Waals surface area contributed by atoms with Crippen molar-refractivity contribution in [2.45, 2.75) is 20.3 Å². The highest BCUT2D eigenvalue weighted by Gasteiger charge is 2.17. The van der Waals surface area contributed by atoms with Gasteiger partial charge < -0.3 is 16.2 Å². The SMILES string of the molecule is CC(C)(CO)CNC(=O)Cc1ccccc1N. The fourth-order valence-electron chi connectivity index (χ4n) is 1.32. The lowest BCUT2D eigenvalue weighted by atomic mass is 9.95. The summed E-state index contributed by atoms with van der Waals surface area (Å²) in [5.74, 6) is -0.0792. The Labute approximate surface area is 102 Å². The van der Waals surface area contributed by atoms with Crippen LogP contribution in [-0.4, -0.2) is 24.2 Å². The van der Waals surface area contributed by atoms with Gasteiger partial charge in [0.25, 0.3) is 0 Å². The predicted octanol–water partition coefficient (Wildman–Crippen LogP) is 0.946. The monoisotopic (exact) mass is 236 g/mol. The van der Waals surface area contributed by atoms with Crippen LogP contribution in [0.5, 0.6) is 0 Å². The van der Waals surface area contributed by atoms with E-state index in [1.807, 2.05) is 32.0 Å². The molecular formula is C13H20N2O2. The number of carbonyl (C=O) groups excluding carboxylic acids is 1. The molecule has 0 unspecified atom stereocenters. The second kappa shape index (κ2) is 5.68. The maximum atomic E-state index is 11.7. The number of aliphatic hydroxyl groups is 1. The number of hydrogen-bond acceptors (Lipinski definition) is 3. The van der Waals surface area contributed by atoms with Crippen molar-refractivity contribution in [1.29, 1.82) is 0 Å². The Bertz CT molecular complexity index is 389. The maximum Gasteiger partial charge on any atom is 0.224 e. The van der Waals surface area contributed by atoms with Crippen molar-refractivity contribution in [2.75, 3.05) is 18.9 Å². The first kappa shape index (κ1) is 13.5. The Hall–Kier alpha value is -1.55. The zero-order valence-electron chi connectivity index (χ0n) is 10.4. The molecule has 0 aliphatic carbocycles. The number of aliphatic hydroxyl groups excluding tert-OH is 1. The third-order valence-corrected chi connectivity index (χ3v) is 2.60. The largest absolute Gasteiger partial charge is 0.398 e.